The Labute approximate surface area is 91.4 Å². The molecule has 1 rings (SSSR count). The van der Waals surface area contributed by atoms with Crippen LogP contribution in [-0.2, 0) is 4.79 Å². The molecule has 0 aliphatic carbocycles. The van der Waals surface area contributed by atoms with Gasteiger partial charge in [0.2, 0.25) is 5.91 Å². The number of nitro groups is 1. The van der Waals surface area contributed by atoms with Crippen LogP contribution in [0.3, 0.4) is 0 Å². The van der Waals surface area contributed by atoms with E-state index in [2.05, 4.69) is 5.32 Å². The monoisotopic (exact) mass is 222 g/mol. The first-order chi connectivity index (χ1) is 7.43. The minimum atomic E-state index is -0.679. The second-order valence-electron chi connectivity index (χ2n) is 3.20. The lowest BCUT2D eigenvalue weighted by atomic mass is 10.1. The highest BCUT2D eigenvalue weighted by atomic mass is 16.6. The highest BCUT2D eigenvalue weighted by Gasteiger charge is 2.22. The smallest absolute Gasteiger partial charge is 0.303 e. The van der Waals surface area contributed by atoms with Crippen LogP contribution in [0.15, 0.2) is 18.2 Å². The fourth-order valence-corrected chi connectivity index (χ4v) is 1.31. The van der Waals surface area contributed by atoms with Gasteiger partial charge in [-0.3, -0.25) is 19.7 Å². The summed E-state index contributed by atoms with van der Waals surface area (Å²) in [4.78, 5) is 32.2. The molecule has 1 N–H and O–H groups in total. The average molecular weight is 222 g/mol. The summed E-state index contributed by atoms with van der Waals surface area (Å²) in [6.07, 6.45) is 0. The zero-order valence-corrected chi connectivity index (χ0v) is 8.81. The molecule has 1 aromatic carbocycles. The van der Waals surface area contributed by atoms with Gasteiger partial charge in [0.05, 0.1) is 10.5 Å². The topological polar surface area (TPSA) is 89.3 Å². The minimum absolute atomic E-state index is 0.0174. The molecular weight excluding hydrogens is 212 g/mol. The van der Waals surface area contributed by atoms with Crippen LogP contribution < -0.4 is 5.32 Å². The molecule has 6 heteroatoms. The Balaban J connectivity index is 3.38. The van der Waals surface area contributed by atoms with Gasteiger partial charge in [-0.25, -0.2) is 0 Å². The van der Waals surface area contributed by atoms with Crippen LogP contribution in [0.5, 0.6) is 0 Å². The van der Waals surface area contributed by atoms with Crippen molar-refractivity contribution < 1.29 is 14.5 Å². The van der Waals surface area contributed by atoms with E-state index in [0.717, 1.165) is 0 Å². The van der Waals surface area contributed by atoms with Crippen molar-refractivity contribution in [2.24, 2.45) is 0 Å². The van der Waals surface area contributed by atoms with Crippen molar-refractivity contribution >= 4 is 23.1 Å². The largest absolute Gasteiger partial charge is 0.321 e. The number of nitrogens with zero attached hydrogens (tertiary/aromatic N) is 1. The van der Waals surface area contributed by atoms with Crippen LogP contribution >= 0.6 is 0 Å². The van der Waals surface area contributed by atoms with Crippen LogP contribution in [0.4, 0.5) is 11.4 Å². The molecule has 0 spiro atoms. The van der Waals surface area contributed by atoms with Gasteiger partial charge in [-0.2, -0.15) is 0 Å². The third-order valence-electron chi connectivity index (χ3n) is 1.91. The summed E-state index contributed by atoms with van der Waals surface area (Å²) in [5.74, 6) is -0.845. The van der Waals surface area contributed by atoms with E-state index in [-0.39, 0.29) is 16.9 Å². The van der Waals surface area contributed by atoms with Crippen molar-refractivity contribution in [3.8, 4) is 0 Å². The Morgan fingerprint density at radius 2 is 1.94 bits per heavy atom. The molecule has 1 amide bonds. The maximum absolute atomic E-state index is 11.2. The molecular formula is C10H10N2O4. The van der Waals surface area contributed by atoms with E-state index in [9.17, 15) is 19.7 Å². The highest BCUT2D eigenvalue weighted by molar-refractivity contribution is 6.02. The third-order valence-corrected chi connectivity index (χ3v) is 1.91. The number of carbonyl (C=O) groups is 2. The van der Waals surface area contributed by atoms with Crippen molar-refractivity contribution in [2.45, 2.75) is 13.8 Å². The Hall–Kier alpha value is -2.24. The van der Waals surface area contributed by atoms with Gasteiger partial charge < -0.3 is 5.32 Å². The fraction of sp³-hybridized carbons (Fsp3) is 0.200. The van der Waals surface area contributed by atoms with Gasteiger partial charge in [0, 0.05) is 6.92 Å². The van der Waals surface area contributed by atoms with E-state index >= 15 is 0 Å². The standard InChI is InChI=1S/C10H10N2O4/c1-6(13)8-4-3-5-9(11-7(2)14)10(8)12(15)16/h3-5H,1-2H3,(H,11,14). The zero-order valence-electron chi connectivity index (χ0n) is 8.81. The molecule has 0 fully saturated rings. The van der Waals surface area contributed by atoms with Crippen molar-refractivity contribution in [1.29, 1.82) is 0 Å². The Morgan fingerprint density at radius 3 is 2.38 bits per heavy atom. The summed E-state index contributed by atoms with van der Waals surface area (Å²) in [6.45, 7) is 2.48. The van der Waals surface area contributed by atoms with Crippen molar-refractivity contribution in [1.82, 2.24) is 0 Å². The Bertz CT molecular complexity index is 468. The molecule has 0 saturated heterocycles. The molecule has 1 aromatic rings. The lowest BCUT2D eigenvalue weighted by Crippen LogP contribution is -2.10. The summed E-state index contributed by atoms with van der Waals surface area (Å²) in [7, 11) is 0. The molecule has 0 radical (unpaired) electrons. The second-order valence-corrected chi connectivity index (χ2v) is 3.20. The van der Waals surface area contributed by atoms with Gasteiger partial charge in [0.15, 0.2) is 5.78 Å². The lowest BCUT2D eigenvalue weighted by Gasteiger charge is -2.05. The summed E-state index contributed by atoms with van der Waals surface area (Å²) < 4.78 is 0. The van der Waals surface area contributed by atoms with E-state index in [1.807, 2.05) is 0 Å². The summed E-state index contributed by atoms with van der Waals surface area (Å²) in [5, 5.41) is 13.1. The molecule has 16 heavy (non-hydrogen) atoms. The van der Waals surface area contributed by atoms with Crippen molar-refractivity contribution in [3.63, 3.8) is 0 Å². The number of rotatable bonds is 3. The van der Waals surface area contributed by atoms with Gasteiger partial charge in [-0.15, -0.1) is 0 Å². The molecule has 6 nitrogen and oxygen atoms in total. The van der Waals surface area contributed by atoms with Crippen LogP contribution in [-0.4, -0.2) is 16.6 Å². The number of benzene rings is 1. The van der Waals surface area contributed by atoms with Crippen LogP contribution in [0.2, 0.25) is 0 Å². The molecule has 84 valence electrons. The summed E-state index contributed by atoms with van der Waals surface area (Å²) in [6, 6.07) is 4.22. The minimum Gasteiger partial charge on any atom is -0.321 e. The number of hydrogen-bond acceptors (Lipinski definition) is 4. The van der Waals surface area contributed by atoms with Gasteiger partial charge >= 0.3 is 5.69 Å². The van der Waals surface area contributed by atoms with Crippen molar-refractivity contribution in [2.75, 3.05) is 5.32 Å². The number of amides is 1. The Kier molecular flexibility index (Phi) is 3.34. The van der Waals surface area contributed by atoms with Gasteiger partial charge in [-0.05, 0) is 19.1 Å². The molecule has 0 saturated carbocycles. The van der Waals surface area contributed by atoms with Crippen LogP contribution in [0.1, 0.15) is 24.2 Å². The van der Waals surface area contributed by atoms with E-state index in [0.29, 0.717) is 0 Å². The number of nitrogens with one attached hydrogen (secondary N) is 1. The molecule has 0 aromatic heterocycles. The molecule has 0 atom stereocenters. The number of carbonyl (C=O) groups excluding carboxylic acids is 2. The summed E-state index contributed by atoms with van der Waals surface area (Å²) >= 11 is 0. The number of anilines is 1. The quantitative estimate of drug-likeness (QED) is 0.479. The molecule has 0 bridgehead atoms. The first kappa shape index (κ1) is 11.8. The molecule has 0 aliphatic heterocycles. The van der Waals surface area contributed by atoms with Gasteiger partial charge in [-0.1, -0.05) is 6.07 Å². The van der Waals surface area contributed by atoms with E-state index < -0.39 is 16.6 Å². The highest BCUT2D eigenvalue weighted by Crippen LogP contribution is 2.28. The zero-order chi connectivity index (χ0) is 12.3. The molecule has 0 heterocycles. The number of Topliss-reactive ketones (excluding diaryl/α,β-unsaturated/α-hetero) is 1. The van der Waals surface area contributed by atoms with Gasteiger partial charge in [0.1, 0.15) is 5.69 Å². The second kappa shape index (κ2) is 4.52. The maximum Gasteiger partial charge on any atom is 0.303 e. The van der Waals surface area contributed by atoms with E-state index in [1.54, 1.807) is 0 Å². The predicted molar refractivity (Wildman–Crippen MR) is 57.4 cm³/mol. The first-order valence-corrected chi connectivity index (χ1v) is 4.49. The number of para-hydroxylation sites is 1. The van der Waals surface area contributed by atoms with Crippen LogP contribution in [0.25, 0.3) is 0 Å². The van der Waals surface area contributed by atoms with E-state index in [4.69, 9.17) is 0 Å². The third kappa shape index (κ3) is 2.41. The molecule has 0 unspecified atom stereocenters. The van der Waals surface area contributed by atoms with Crippen LogP contribution in [0, 0.1) is 10.1 Å². The fourth-order valence-electron chi connectivity index (χ4n) is 1.31. The van der Waals surface area contributed by atoms with Gasteiger partial charge in [0.25, 0.3) is 0 Å². The van der Waals surface area contributed by atoms with E-state index in [1.165, 1.54) is 32.0 Å². The lowest BCUT2D eigenvalue weighted by molar-refractivity contribution is -0.384. The predicted octanol–water partition coefficient (Wildman–Crippen LogP) is 1.76. The summed E-state index contributed by atoms with van der Waals surface area (Å²) in [5.41, 5.74) is -0.355. The van der Waals surface area contributed by atoms with Crippen molar-refractivity contribution in [3.05, 3.63) is 33.9 Å². The number of hydrogen-bond donors (Lipinski definition) is 1. The maximum atomic E-state index is 11.2. The normalized spacial score (nSPS) is 9.62. The average Bonchev–Trinajstić information content (AvgIpc) is 2.15. The number of nitro benzene ring substituents is 1. The molecule has 0 aliphatic rings. The SMILES string of the molecule is CC(=O)Nc1cccc(C(C)=O)c1[N+](=O)[O-]. The first-order valence-electron chi connectivity index (χ1n) is 4.49. The number of ketones is 1. The Morgan fingerprint density at radius 1 is 1.31 bits per heavy atom.